The second-order valence-electron chi connectivity index (χ2n) is 7.53. The molecule has 0 saturated carbocycles. The first kappa shape index (κ1) is 17.9. The SMILES string of the molecule is O=C(c1ccc(=O)[nH]c1)N1CCC2(CC1)C[C@@H](O)C[C@H](c1ccccc1)O2. The van der Waals surface area contributed by atoms with E-state index >= 15 is 0 Å². The Balaban J connectivity index is 1.44. The Bertz CT molecular complexity index is 835. The van der Waals surface area contributed by atoms with Crippen molar-refractivity contribution in [1.29, 1.82) is 0 Å². The summed E-state index contributed by atoms with van der Waals surface area (Å²) in [4.78, 5) is 28.2. The predicted octanol–water partition coefficient (Wildman–Crippen LogP) is 2.26. The molecule has 2 aliphatic rings. The van der Waals surface area contributed by atoms with Gasteiger partial charge < -0.3 is 19.7 Å². The zero-order valence-electron chi connectivity index (χ0n) is 15.1. The second kappa shape index (κ2) is 7.29. The molecule has 2 atom stereocenters. The summed E-state index contributed by atoms with van der Waals surface area (Å²) in [5.41, 5.74) is 0.959. The van der Waals surface area contributed by atoms with Gasteiger partial charge in [0.05, 0.1) is 23.4 Å². The summed E-state index contributed by atoms with van der Waals surface area (Å²) in [6.45, 7) is 1.15. The summed E-state index contributed by atoms with van der Waals surface area (Å²) >= 11 is 0. The number of ether oxygens (including phenoxy) is 1. The standard InChI is InChI=1S/C21H24N2O4/c24-17-12-18(15-4-2-1-3-5-15)27-21(13-17)8-10-23(11-9-21)20(26)16-6-7-19(25)22-14-16/h1-7,14,17-18,24H,8-13H2,(H,22,25)/t17-,18+/m0/s1. The number of aromatic amines is 1. The van der Waals surface area contributed by atoms with Crippen LogP contribution in [0.5, 0.6) is 0 Å². The van der Waals surface area contributed by atoms with Gasteiger partial charge in [-0.05, 0) is 24.5 Å². The predicted molar refractivity (Wildman–Crippen MR) is 100 cm³/mol. The average molecular weight is 368 g/mol. The van der Waals surface area contributed by atoms with Crippen LogP contribution in [0.4, 0.5) is 0 Å². The molecule has 2 fully saturated rings. The van der Waals surface area contributed by atoms with Crippen LogP contribution in [0.2, 0.25) is 0 Å². The lowest BCUT2D eigenvalue weighted by molar-refractivity contribution is -0.181. The number of pyridine rings is 1. The van der Waals surface area contributed by atoms with Gasteiger partial charge in [0.2, 0.25) is 5.56 Å². The average Bonchev–Trinajstić information content (AvgIpc) is 2.69. The maximum atomic E-state index is 12.6. The van der Waals surface area contributed by atoms with Crippen molar-refractivity contribution in [3.05, 3.63) is 70.1 Å². The van der Waals surface area contributed by atoms with Gasteiger partial charge in [-0.2, -0.15) is 0 Å². The molecule has 0 radical (unpaired) electrons. The number of aliphatic hydroxyl groups is 1. The van der Waals surface area contributed by atoms with Crippen LogP contribution in [0.15, 0.2) is 53.5 Å². The number of aliphatic hydroxyl groups excluding tert-OH is 1. The van der Waals surface area contributed by atoms with Gasteiger partial charge in [0, 0.05) is 38.2 Å². The molecule has 1 spiro atoms. The third-order valence-electron chi connectivity index (χ3n) is 5.65. The molecule has 142 valence electrons. The number of rotatable bonds is 2. The number of benzene rings is 1. The number of carbonyl (C=O) groups excluding carboxylic acids is 1. The van der Waals surface area contributed by atoms with E-state index in [1.54, 1.807) is 11.0 Å². The normalized spacial score (nSPS) is 24.7. The molecule has 27 heavy (non-hydrogen) atoms. The van der Waals surface area contributed by atoms with E-state index < -0.39 is 6.10 Å². The third kappa shape index (κ3) is 3.82. The monoisotopic (exact) mass is 368 g/mol. The summed E-state index contributed by atoms with van der Waals surface area (Å²) in [6.07, 6.45) is 3.55. The molecule has 1 amide bonds. The van der Waals surface area contributed by atoms with Crippen LogP contribution in [0.25, 0.3) is 0 Å². The van der Waals surface area contributed by atoms with Gasteiger partial charge >= 0.3 is 0 Å². The third-order valence-corrected chi connectivity index (χ3v) is 5.65. The number of nitrogens with one attached hydrogen (secondary N) is 1. The Hall–Kier alpha value is -2.44. The van der Waals surface area contributed by atoms with Crippen molar-refractivity contribution in [2.24, 2.45) is 0 Å². The number of hydrogen-bond donors (Lipinski definition) is 2. The highest BCUT2D eigenvalue weighted by molar-refractivity contribution is 5.93. The van der Waals surface area contributed by atoms with Crippen LogP contribution in [-0.4, -0.2) is 45.7 Å². The smallest absolute Gasteiger partial charge is 0.255 e. The fourth-order valence-electron chi connectivity index (χ4n) is 4.20. The Labute approximate surface area is 157 Å². The Morgan fingerprint density at radius 1 is 1.15 bits per heavy atom. The minimum Gasteiger partial charge on any atom is -0.393 e. The molecule has 4 rings (SSSR count). The zero-order chi connectivity index (χ0) is 18.9. The molecule has 2 aliphatic heterocycles. The largest absolute Gasteiger partial charge is 0.393 e. The van der Waals surface area contributed by atoms with E-state index in [4.69, 9.17) is 4.74 Å². The highest BCUT2D eigenvalue weighted by atomic mass is 16.5. The molecule has 6 nitrogen and oxygen atoms in total. The first-order valence-corrected chi connectivity index (χ1v) is 9.44. The first-order chi connectivity index (χ1) is 13.0. The van der Waals surface area contributed by atoms with Gasteiger partial charge in [-0.15, -0.1) is 0 Å². The molecule has 1 aromatic carbocycles. The minimum atomic E-state index is -0.398. The van der Waals surface area contributed by atoms with E-state index in [1.807, 2.05) is 30.3 Å². The van der Waals surface area contributed by atoms with Crippen molar-refractivity contribution in [2.45, 2.75) is 43.5 Å². The lowest BCUT2D eigenvalue weighted by atomic mass is 9.81. The van der Waals surface area contributed by atoms with Gasteiger partial charge in [0.25, 0.3) is 5.91 Å². The van der Waals surface area contributed by atoms with Crippen molar-refractivity contribution in [2.75, 3.05) is 13.1 Å². The minimum absolute atomic E-state index is 0.0860. The fraction of sp³-hybridized carbons (Fsp3) is 0.429. The number of carbonyl (C=O) groups is 1. The maximum absolute atomic E-state index is 12.6. The van der Waals surface area contributed by atoms with Crippen LogP contribution in [0.1, 0.15) is 47.7 Å². The number of hydrogen-bond acceptors (Lipinski definition) is 4. The number of aromatic nitrogens is 1. The summed E-state index contributed by atoms with van der Waals surface area (Å²) in [7, 11) is 0. The van der Waals surface area contributed by atoms with Gasteiger partial charge in [0.1, 0.15) is 0 Å². The molecule has 2 aromatic rings. The van der Waals surface area contributed by atoms with E-state index in [2.05, 4.69) is 4.98 Å². The second-order valence-corrected chi connectivity index (χ2v) is 7.53. The number of amides is 1. The molecule has 2 saturated heterocycles. The quantitative estimate of drug-likeness (QED) is 0.852. The fourth-order valence-corrected chi connectivity index (χ4v) is 4.20. The van der Waals surface area contributed by atoms with Crippen LogP contribution < -0.4 is 5.56 Å². The Kier molecular flexibility index (Phi) is 4.85. The van der Waals surface area contributed by atoms with E-state index in [9.17, 15) is 14.7 Å². The van der Waals surface area contributed by atoms with Crippen LogP contribution in [-0.2, 0) is 4.74 Å². The molecule has 6 heteroatoms. The molecular formula is C21H24N2O4. The Morgan fingerprint density at radius 2 is 1.89 bits per heavy atom. The molecule has 1 aromatic heterocycles. The number of likely N-dealkylation sites (tertiary alicyclic amines) is 1. The molecule has 0 bridgehead atoms. The highest BCUT2D eigenvalue weighted by Gasteiger charge is 2.44. The van der Waals surface area contributed by atoms with Crippen molar-refractivity contribution < 1.29 is 14.6 Å². The van der Waals surface area contributed by atoms with Crippen LogP contribution >= 0.6 is 0 Å². The highest BCUT2D eigenvalue weighted by Crippen LogP contribution is 2.43. The Morgan fingerprint density at radius 3 is 2.56 bits per heavy atom. The lowest BCUT2D eigenvalue weighted by Crippen LogP contribution is -2.52. The molecule has 0 aliphatic carbocycles. The molecule has 0 unspecified atom stereocenters. The zero-order valence-corrected chi connectivity index (χ0v) is 15.1. The maximum Gasteiger partial charge on any atom is 0.255 e. The van der Waals surface area contributed by atoms with Gasteiger partial charge in [0.15, 0.2) is 0 Å². The number of piperidine rings is 1. The topological polar surface area (TPSA) is 82.6 Å². The van der Waals surface area contributed by atoms with Crippen molar-refractivity contribution in [3.8, 4) is 0 Å². The van der Waals surface area contributed by atoms with E-state index in [-0.39, 0.29) is 23.2 Å². The van der Waals surface area contributed by atoms with E-state index in [0.717, 1.165) is 5.56 Å². The first-order valence-electron chi connectivity index (χ1n) is 9.44. The van der Waals surface area contributed by atoms with E-state index in [1.165, 1.54) is 12.3 Å². The molecule has 2 N–H and O–H groups in total. The van der Waals surface area contributed by atoms with Gasteiger partial charge in [-0.1, -0.05) is 30.3 Å². The van der Waals surface area contributed by atoms with Gasteiger partial charge in [-0.3, -0.25) is 9.59 Å². The summed E-state index contributed by atoms with van der Waals surface area (Å²) in [6, 6.07) is 12.9. The molecular weight excluding hydrogens is 344 g/mol. The summed E-state index contributed by atoms with van der Waals surface area (Å²) in [5, 5.41) is 10.4. The van der Waals surface area contributed by atoms with E-state index in [0.29, 0.717) is 44.3 Å². The van der Waals surface area contributed by atoms with Crippen molar-refractivity contribution in [3.63, 3.8) is 0 Å². The van der Waals surface area contributed by atoms with Crippen molar-refractivity contribution in [1.82, 2.24) is 9.88 Å². The summed E-state index contributed by atoms with van der Waals surface area (Å²) in [5.74, 6) is -0.0860. The van der Waals surface area contributed by atoms with Crippen molar-refractivity contribution >= 4 is 5.91 Å². The van der Waals surface area contributed by atoms with Gasteiger partial charge in [-0.25, -0.2) is 0 Å². The van der Waals surface area contributed by atoms with Crippen LogP contribution in [0.3, 0.4) is 0 Å². The summed E-state index contributed by atoms with van der Waals surface area (Å²) < 4.78 is 6.48. The lowest BCUT2D eigenvalue weighted by Gasteiger charge is -2.48. The number of nitrogens with zero attached hydrogens (tertiary/aromatic N) is 1. The molecule has 3 heterocycles. The van der Waals surface area contributed by atoms with Crippen LogP contribution in [0, 0.1) is 0 Å². The number of H-pyrrole nitrogens is 1.